The van der Waals surface area contributed by atoms with Crippen LogP contribution in [0.1, 0.15) is 92.9 Å². The molecule has 212 valence electrons. The van der Waals surface area contributed by atoms with Crippen molar-refractivity contribution in [2.75, 3.05) is 6.61 Å². The third kappa shape index (κ3) is 2.65. The fourth-order valence-corrected chi connectivity index (χ4v) is 12.3. The van der Waals surface area contributed by atoms with Gasteiger partial charge in [-0.2, -0.15) is 0 Å². The second-order valence-electron chi connectivity index (χ2n) is 15.9. The molecule has 1 spiro atoms. The zero-order valence-corrected chi connectivity index (χ0v) is 23.6. The Bertz CT molecular complexity index is 972. The molecule has 1 aliphatic heterocycles. The lowest BCUT2D eigenvalue weighted by Crippen LogP contribution is -2.76. The third-order valence-electron chi connectivity index (χ3n) is 14.6. The van der Waals surface area contributed by atoms with Gasteiger partial charge in [0.25, 0.3) is 0 Å². The largest absolute Gasteiger partial charge is 0.396 e. The number of fused-ring (bicyclic) bond motifs is 4. The number of ether oxygens (including phenoxy) is 1. The van der Waals surface area contributed by atoms with Crippen molar-refractivity contribution in [3.05, 3.63) is 0 Å². The zero-order valence-electron chi connectivity index (χ0n) is 23.6. The summed E-state index contributed by atoms with van der Waals surface area (Å²) in [6, 6.07) is 0. The van der Waals surface area contributed by atoms with E-state index in [1.807, 2.05) is 13.8 Å². The lowest BCUT2D eigenvalue weighted by atomic mass is 9.30. The normalized spacial score (nSPS) is 64.2. The number of aliphatic hydroxyl groups excluding tert-OH is 6. The molecular formula is C30H50O7. The van der Waals surface area contributed by atoms with Gasteiger partial charge in [-0.3, -0.25) is 0 Å². The molecule has 7 heteroatoms. The molecule has 0 aromatic heterocycles. The fraction of sp³-hybridized carbons (Fsp3) is 1.00. The molecule has 0 amide bonds. The predicted molar refractivity (Wildman–Crippen MR) is 137 cm³/mol. The first-order valence-corrected chi connectivity index (χ1v) is 14.7. The molecule has 0 aromatic carbocycles. The molecular weight excluding hydrogens is 472 g/mol. The highest BCUT2D eigenvalue weighted by Gasteiger charge is 2.84. The Balaban J connectivity index is 1.48. The lowest BCUT2D eigenvalue weighted by molar-refractivity contribution is -0.313. The summed E-state index contributed by atoms with van der Waals surface area (Å²) >= 11 is 0. The van der Waals surface area contributed by atoms with E-state index in [1.165, 1.54) is 0 Å². The number of hydrogen-bond donors (Lipinski definition) is 6. The van der Waals surface area contributed by atoms with Gasteiger partial charge in [0.05, 0.1) is 42.0 Å². The molecule has 37 heavy (non-hydrogen) atoms. The van der Waals surface area contributed by atoms with Crippen LogP contribution in [-0.4, -0.2) is 73.6 Å². The van der Waals surface area contributed by atoms with Crippen LogP contribution in [-0.2, 0) is 4.74 Å². The third-order valence-corrected chi connectivity index (χ3v) is 14.6. The molecule has 14 atom stereocenters. The Morgan fingerprint density at radius 1 is 0.703 bits per heavy atom. The van der Waals surface area contributed by atoms with E-state index in [0.29, 0.717) is 25.2 Å². The van der Waals surface area contributed by atoms with E-state index in [1.54, 1.807) is 0 Å². The molecule has 1 heterocycles. The van der Waals surface area contributed by atoms with E-state index in [2.05, 4.69) is 27.7 Å². The van der Waals surface area contributed by atoms with Crippen molar-refractivity contribution < 1.29 is 35.4 Å². The average Bonchev–Trinajstić information content (AvgIpc) is 3.02. The van der Waals surface area contributed by atoms with E-state index >= 15 is 0 Å². The van der Waals surface area contributed by atoms with Gasteiger partial charge in [0.2, 0.25) is 0 Å². The van der Waals surface area contributed by atoms with Crippen LogP contribution in [0.2, 0.25) is 0 Å². The van der Waals surface area contributed by atoms with Crippen LogP contribution in [0, 0.1) is 50.2 Å². The first kappa shape index (κ1) is 26.9. The number of hydrogen-bond acceptors (Lipinski definition) is 7. The first-order chi connectivity index (χ1) is 17.0. The van der Waals surface area contributed by atoms with Crippen LogP contribution in [0.4, 0.5) is 0 Å². The molecule has 1 saturated heterocycles. The van der Waals surface area contributed by atoms with Gasteiger partial charge in [0.15, 0.2) is 6.29 Å². The quantitative estimate of drug-likeness (QED) is 0.312. The van der Waals surface area contributed by atoms with E-state index in [4.69, 9.17) is 4.74 Å². The Morgan fingerprint density at radius 2 is 1.35 bits per heavy atom. The molecule has 3 unspecified atom stereocenters. The summed E-state index contributed by atoms with van der Waals surface area (Å²) in [7, 11) is 0. The van der Waals surface area contributed by atoms with Gasteiger partial charge in [-0.05, 0) is 79.4 Å². The Morgan fingerprint density at radius 3 is 2.00 bits per heavy atom. The highest BCUT2D eigenvalue weighted by atomic mass is 16.6. The van der Waals surface area contributed by atoms with Gasteiger partial charge in [0, 0.05) is 16.7 Å². The molecule has 6 N–H and O–H groups in total. The maximum Gasteiger partial charge on any atom is 0.166 e. The van der Waals surface area contributed by atoms with E-state index in [0.717, 1.165) is 32.1 Å². The van der Waals surface area contributed by atoms with Crippen LogP contribution in [0.15, 0.2) is 0 Å². The predicted octanol–water partition coefficient (Wildman–Crippen LogP) is 2.58. The van der Waals surface area contributed by atoms with Gasteiger partial charge < -0.3 is 35.4 Å². The summed E-state index contributed by atoms with van der Waals surface area (Å²) in [5.41, 5.74) is -3.80. The van der Waals surface area contributed by atoms with Crippen LogP contribution in [0.3, 0.4) is 0 Å². The zero-order chi connectivity index (χ0) is 27.2. The number of rotatable bonds is 1. The van der Waals surface area contributed by atoms with Gasteiger partial charge in [-0.25, -0.2) is 0 Å². The molecule has 6 fully saturated rings. The SMILES string of the molecule is CC1(C)CC2[C@@]3([C@H](O)C[C@]4(C)[C@@]2(CCC2[C@@]5(C)CC[C@H](O)[C@](C)(CO)C5CC[C@]24C)O[C@@H]3O)[C@@H](O)[C@@H]1O. The van der Waals surface area contributed by atoms with Crippen molar-refractivity contribution >= 4 is 0 Å². The molecule has 6 aliphatic rings. The van der Waals surface area contributed by atoms with Gasteiger partial charge in [0.1, 0.15) is 0 Å². The second-order valence-corrected chi connectivity index (χ2v) is 15.9. The van der Waals surface area contributed by atoms with Crippen molar-refractivity contribution in [2.24, 2.45) is 50.2 Å². The minimum atomic E-state index is -1.33. The van der Waals surface area contributed by atoms with E-state index in [9.17, 15) is 30.6 Å². The van der Waals surface area contributed by atoms with Crippen LogP contribution in [0.5, 0.6) is 0 Å². The topological polar surface area (TPSA) is 131 Å². The van der Waals surface area contributed by atoms with Gasteiger partial charge in [-0.15, -0.1) is 0 Å². The number of aliphatic hydroxyl groups is 6. The minimum Gasteiger partial charge on any atom is -0.396 e. The average molecular weight is 523 g/mol. The molecule has 5 aliphatic carbocycles. The summed E-state index contributed by atoms with van der Waals surface area (Å²) in [5.74, 6) is 0.259. The van der Waals surface area contributed by atoms with Gasteiger partial charge in [-0.1, -0.05) is 41.5 Å². The van der Waals surface area contributed by atoms with E-state index < -0.39 is 58.0 Å². The maximum absolute atomic E-state index is 11.9. The Hall–Kier alpha value is -0.280. The van der Waals surface area contributed by atoms with E-state index in [-0.39, 0.29) is 29.3 Å². The molecule has 0 aromatic rings. The summed E-state index contributed by atoms with van der Waals surface area (Å²) in [4.78, 5) is 0. The summed E-state index contributed by atoms with van der Waals surface area (Å²) in [6.45, 7) is 13.0. The molecule has 7 nitrogen and oxygen atoms in total. The molecule has 6 rings (SSSR count). The summed E-state index contributed by atoms with van der Waals surface area (Å²) in [6.07, 6.45) is 0.872. The standard InChI is InChI=1S/C30H50O7/c1-24(2)13-18-29-12-8-17-25(3)10-9-19(32)26(4,15-31)16(25)7-11-27(17,5)28(29,6)14-20(33)30(18,23(36)37-29)22(35)21(24)34/h16-23,31-36H,7-15H2,1-6H3/t16?,17?,18?,19-,20+,21-,22-,23-,25-,26+,27+,28-,29-,30+/m0/s1. The molecule has 5 saturated carbocycles. The first-order valence-electron chi connectivity index (χ1n) is 14.7. The Kier molecular flexibility index (Phi) is 5.46. The van der Waals surface area contributed by atoms with Crippen molar-refractivity contribution in [3.8, 4) is 0 Å². The van der Waals surface area contributed by atoms with Crippen LogP contribution >= 0.6 is 0 Å². The van der Waals surface area contributed by atoms with Crippen molar-refractivity contribution in [3.63, 3.8) is 0 Å². The van der Waals surface area contributed by atoms with Crippen LogP contribution in [0.25, 0.3) is 0 Å². The van der Waals surface area contributed by atoms with Crippen molar-refractivity contribution in [1.82, 2.24) is 0 Å². The van der Waals surface area contributed by atoms with Crippen molar-refractivity contribution in [1.29, 1.82) is 0 Å². The lowest BCUT2D eigenvalue weighted by Gasteiger charge is -2.75. The second kappa shape index (κ2) is 7.51. The highest BCUT2D eigenvalue weighted by Crippen LogP contribution is 2.81. The maximum atomic E-state index is 11.9. The van der Waals surface area contributed by atoms with Crippen molar-refractivity contribution in [2.45, 2.75) is 129 Å². The Labute approximate surface area is 221 Å². The minimum absolute atomic E-state index is 0.0209. The molecule has 0 radical (unpaired) electrons. The van der Waals surface area contributed by atoms with Gasteiger partial charge >= 0.3 is 0 Å². The van der Waals surface area contributed by atoms with Crippen LogP contribution < -0.4 is 0 Å². The summed E-state index contributed by atoms with van der Waals surface area (Å²) < 4.78 is 6.71. The summed E-state index contributed by atoms with van der Waals surface area (Å²) in [5, 5.41) is 67.4. The fourth-order valence-electron chi connectivity index (χ4n) is 12.3. The monoisotopic (exact) mass is 522 g/mol. The highest BCUT2D eigenvalue weighted by molar-refractivity contribution is 5.31. The molecule has 2 bridgehead atoms. The smallest absolute Gasteiger partial charge is 0.166 e.